The molecule has 0 saturated carbocycles. The molecule has 0 aliphatic heterocycles. The third-order valence-corrected chi connectivity index (χ3v) is 3.27. The van der Waals surface area contributed by atoms with Crippen molar-refractivity contribution in [2.75, 3.05) is 7.11 Å². The van der Waals surface area contributed by atoms with Gasteiger partial charge in [0.2, 0.25) is 0 Å². The van der Waals surface area contributed by atoms with Crippen LogP contribution in [-0.4, -0.2) is 25.2 Å². The number of nitrogens with zero attached hydrogens (tertiary/aromatic N) is 1. The molecule has 2 rings (SSSR count). The van der Waals surface area contributed by atoms with E-state index in [1.807, 2.05) is 0 Å². The molecule has 0 unspecified atom stereocenters. The normalized spacial score (nSPS) is 10.5. The van der Waals surface area contributed by atoms with Crippen molar-refractivity contribution in [1.29, 1.82) is 0 Å². The Hall–Kier alpha value is -2.86. The predicted octanol–water partition coefficient (Wildman–Crippen LogP) is 3.04. The number of rotatable bonds is 5. The first-order valence-corrected chi connectivity index (χ1v) is 7.33. The van der Waals surface area contributed by atoms with E-state index >= 15 is 0 Å². The molecule has 0 spiro atoms. The Balaban J connectivity index is 2.08. The van der Waals surface area contributed by atoms with Gasteiger partial charge in [-0.15, -0.1) is 0 Å². The van der Waals surface area contributed by atoms with Gasteiger partial charge in [0, 0.05) is 6.92 Å². The Morgan fingerprint density at radius 1 is 1.17 bits per heavy atom. The van der Waals surface area contributed by atoms with Crippen molar-refractivity contribution < 1.29 is 19.1 Å². The van der Waals surface area contributed by atoms with Crippen LogP contribution in [-0.2, 0) is 4.79 Å². The van der Waals surface area contributed by atoms with E-state index in [0.717, 1.165) is 0 Å². The molecule has 0 aromatic heterocycles. The molecule has 0 saturated heterocycles. The van der Waals surface area contributed by atoms with Gasteiger partial charge in [-0.05, 0) is 35.9 Å². The minimum absolute atomic E-state index is 0.308. The van der Waals surface area contributed by atoms with Crippen LogP contribution in [0, 0.1) is 0 Å². The molecule has 0 aliphatic carbocycles. The molecular formula is C17H15ClN2O4. The Labute approximate surface area is 144 Å². The van der Waals surface area contributed by atoms with Crippen LogP contribution < -0.4 is 14.9 Å². The quantitative estimate of drug-likeness (QED) is 0.391. The van der Waals surface area contributed by atoms with Gasteiger partial charge in [-0.25, -0.2) is 5.43 Å². The summed E-state index contributed by atoms with van der Waals surface area (Å²) >= 11 is 5.94. The summed E-state index contributed by atoms with van der Waals surface area (Å²) in [5.74, 6) is -0.170. The van der Waals surface area contributed by atoms with E-state index < -0.39 is 11.9 Å². The maximum Gasteiger partial charge on any atom is 0.308 e. The minimum atomic E-state index is -0.443. The monoisotopic (exact) mass is 346 g/mol. The van der Waals surface area contributed by atoms with Crippen molar-refractivity contribution in [3.8, 4) is 11.5 Å². The smallest absolute Gasteiger partial charge is 0.308 e. The lowest BCUT2D eigenvalue weighted by Crippen LogP contribution is -2.17. The van der Waals surface area contributed by atoms with Crippen LogP contribution in [0.2, 0.25) is 5.02 Å². The minimum Gasteiger partial charge on any atom is -0.493 e. The molecule has 2 aromatic rings. The number of amides is 1. The standard InChI is InChI=1S/C17H15ClN2O4/c1-11(21)24-15-8-7-12(9-16(15)23-2)10-19-20-17(22)13-5-3-4-6-14(13)18/h3-10H,1-2H3,(H,20,22). The summed E-state index contributed by atoms with van der Waals surface area (Å²) in [6, 6.07) is 11.6. The van der Waals surface area contributed by atoms with E-state index in [-0.39, 0.29) is 0 Å². The number of carbonyl (C=O) groups excluding carboxylic acids is 2. The summed E-state index contributed by atoms with van der Waals surface area (Å²) in [7, 11) is 1.46. The Morgan fingerprint density at radius 2 is 1.92 bits per heavy atom. The van der Waals surface area contributed by atoms with E-state index in [0.29, 0.717) is 27.6 Å². The molecule has 0 atom stereocenters. The van der Waals surface area contributed by atoms with E-state index in [4.69, 9.17) is 21.1 Å². The third-order valence-electron chi connectivity index (χ3n) is 2.94. The second-order valence-electron chi connectivity index (χ2n) is 4.68. The lowest BCUT2D eigenvalue weighted by molar-refractivity contribution is -0.132. The highest BCUT2D eigenvalue weighted by atomic mass is 35.5. The molecule has 0 heterocycles. The molecule has 0 bridgehead atoms. The number of hydrogen-bond donors (Lipinski definition) is 1. The first-order valence-electron chi connectivity index (χ1n) is 6.95. The number of halogens is 1. The first kappa shape index (κ1) is 17.5. The van der Waals surface area contributed by atoms with E-state index in [2.05, 4.69) is 10.5 Å². The van der Waals surface area contributed by atoms with Crippen LogP contribution in [0.25, 0.3) is 0 Å². The number of nitrogens with one attached hydrogen (secondary N) is 1. The van der Waals surface area contributed by atoms with Crippen LogP contribution in [0.5, 0.6) is 11.5 Å². The van der Waals surface area contributed by atoms with Gasteiger partial charge in [0.25, 0.3) is 5.91 Å². The van der Waals surface area contributed by atoms with Gasteiger partial charge in [-0.2, -0.15) is 5.10 Å². The topological polar surface area (TPSA) is 77.0 Å². The molecule has 2 aromatic carbocycles. The highest BCUT2D eigenvalue weighted by Gasteiger charge is 2.09. The predicted molar refractivity (Wildman–Crippen MR) is 90.8 cm³/mol. The number of hydrazone groups is 1. The molecule has 7 heteroatoms. The van der Waals surface area contributed by atoms with Gasteiger partial charge in [0.15, 0.2) is 11.5 Å². The van der Waals surface area contributed by atoms with Crippen molar-refractivity contribution in [1.82, 2.24) is 5.43 Å². The number of hydrogen-bond acceptors (Lipinski definition) is 5. The first-order chi connectivity index (χ1) is 11.5. The van der Waals surface area contributed by atoms with Gasteiger partial charge in [0.05, 0.1) is 23.9 Å². The second-order valence-corrected chi connectivity index (χ2v) is 5.09. The zero-order valence-corrected chi connectivity index (χ0v) is 13.8. The summed E-state index contributed by atoms with van der Waals surface area (Å²) in [4.78, 5) is 23.0. The molecule has 1 N–H and O–H groups in total. The van der Waals surface area contributed by atoms with Crippen LogP contribution in [0.4, 0.5) is 0 Å². The maximum atomic E-state index is 12.0. The molecule has 6 nitrogen and oxygen atoms in total. The summed E-state index contributed by atoms with van der Waals surface area (Å²) in [5, 5.41) is 4.22. The van der Waals surface area contributed by atoms with Crippen LogP contribution >= 0.6 is 11.6 Å². The molecule has 1 amide bonds. The zero-order chi connectivity index (χ0) is 17.5. The van der Waals surface area contributed by atoms with Crippen molar-refractivity contribution in [3.63, 3.8) is 0 Å². The highest BCUT2D eigenvalue weighted by Crippen LogP contribution is 2.27. The van der Waals surface area contributed by atoms with Crippen molar-refractivity contribution in [2.24, 2.45) is 5.10 Å². The molecule has 0 radical (unpaired) electrons. The number of ether oxygens (including phenoxy) is 2. The Bertz CT molecular complexity index is 790. The van der Waals surface area contributed by atoms with Gasteiger partial charge in [-0.1, -0.05) is 23.7 Å². The van der Waals surface area contributed by atoms with Crippen LogP contribution in [0.15, 0.2) is 47.6 Å². The van der Waals surface area contributed by atoms with Crippen LogP contribution in [0.3, 0.4) is 0 Å². The van der Waals surface area contributed by atoms with Gasteiger partial charge in [0.1, 0.15) is 0 Å². The Kier molecular flexibility index (Phi) is 5.92. The van der Waals surface area contributed by atoms with Crippen LogP contribution in [0.1, 0.15) is 22.8 Å². The highest BCUT2D eigenvalue weighted by molar-refractivity contribution is 6.33. The molecule has 124 valence electrons. The fraction of sp³-hybridized carbons (Fsp3) is 0.118. The van der Waals surface area contributed by atoms with Gasteiger partial charge in [-0.3, -0.25) is 9.59 Å². The van der Waals surface area contributed by atoms with Crippen molar-refractivity contribution in [3.05, 3.63) is 58.6 Å². The zero-order valence-electron chi connectivity index (χ0n) is 13.1. The maximum absolute atomic E-state index is 12.0. The fourth-order valence-corrected chi connectivity index (χ4v) is 2.10. The molecule has 24 heavy (non-hydrogen) atoms. The van der Waals surface area contributed by atoms with Gasteiger partial charge >= 0.3 is 5.97 Å². The second kappa shape index (κ2) is 8.12. The van der Waals surface area contributed by atoms with Gasteiger partial charge < -0.3 is 9.47 Å². The molecule has 0 aliphatic rings. The van der Waals surface area contributed by atoms with Crippen molar-refractivity contribution in [2.45, 2.75) is 6.92 Å². The van der Waals surface area contributed by atoms with E-state index in [1.165, 1.54) is 20.2 Å². The SMILES string of the molecule is COc1cc(C=NNC(=O)c2ccccc2Cl)ccc1OC(C)=O. The summed E-state index contributed by atoms with van der Waals surface area (Å²) in [5.41, 5.74) is 3.38. The van der Waals surface area contributed by atoms with Crippen molar-refractivity contribution >= 4 is 29.7 Å². The summed E-state index contributed by atoms with van der Waals surface area (Å²) in [6.45, 7) is 1.30. The number of benzene rings is 2. The lowest BCUT2D eigenvalue weighted by Gasteiger charge is -2.08. The Morgan fingerprint density at radius 3 is 2.58 bits per heavy atom. The number of esters is 1. The molecule has 0 fully saturated rings. The largest absolute Gasteiger partial charge is 0.493 e. The van der Waals surface area contributed by atoms with E-state index in [1.54, 1.807) is 42.5 Å². The fourth-order valence-electron chi connectivity index (χ4n) is 1.87. The lowest BCUT2D eigenvalue weighted by atomic mass is 10.2. The summed E-state index contributed by atoms with van der Waals surface area (Å²) in [6.07, 6.45) is 1.44. The third kappa shape index (κ3) is 4.57. The summed E-state index contributed by atoms with van der Waals surface area (Å²) < 4.78 is 10.2. The average Bonchev–Trinajstić information content (AvgIpc) is 2.56. The number of carbonyl (C=O) groups is 2. The molecular weight excluding hydrogens is 332 g/mol. The average molecular weight is 347 g/mol. The number of methoxy groups -OCH3 is 1. The van der Waals surface area contributed by atoms with E-state index in [9.17, 15) is 9.59 Å².